The molecule has 0 unspecified atom stereocenters. The quantitative estimate of drug-likeness (QED) is 0.904. The maximum Gasteiger partial charge on any atom is 0.257 e. The normalized spacial score (nSPS) is 13.1. The monoisotopic (exact) mass is 273 g/mol. The number of aromatic nitrogens is 1. The van der Waals surface area contributed by atoms with Crippen molar-refractivity contribution in [2.45, 2.75) is 19.3 Å². The van der Waals surface area contributed by atoms with Crippen LogP contribution in [0.2, 0.25) is 0 Å². The molecule has 0 radical (unpaired) electrons. The highest BCUT2D eigenvalue weighted by Gasteiger charge is 2.18. The molecule has 0 spiro atoms. The Bertz CT molecular complexity index is 582. The van der Waals surface area contributed by atoms with Crippen LogP contribution in [-0.4, -0.2) is 17.9 Å². The molecule has 1 heterocycles. The van der Waals surface area contributed by atoms with Crippen molar-refractivity contribution in [2.75, 3.05) is 17.7 Å². The van der Waals surface area contributed by atoms with E-state index < -0.39 is 0 Å². The number of hydrogen-bond acceptors (Lipinski definition) is 4. The number of fused-ring (bicyclic) bond motifs is 1. The highest BCUT2D eigenvalue weighted by Crippen LogP contribution is 2.30. The number of carbonyl (C=O) groups excluding carboxylic acids is 1. The zero-order chi connectivity index (χ0) is 13.2. The van der Waals surface area contributed by atoms with Gasteiger partial charge in [0, 0.05) is 23.2 Å². The van der Waals surface area contributed by atoms with Crippen molar-refractivity contribution in [3.05, 3.63) is 40.4 Å². The number of rotatable bonds is 3. The smallest absolute Gasteiger partial charge is 0.257 e. The number of anilines is 2. The molecule has 0 aliphatic heterocycles. The number of nitrogens with zero attached hydrogens (tertiary/aromatic N) is 1. The van der Waals surface area contributed by atoms with E-state index in [4.69, 9.17) is 0 Å². The van der Waals surface area contributed by atoms with E-state index >= 15 is 0 Å². The lowest BCUT2D eigenvalue weighted by atomic mass is 10.2. The number of nitrogens with one attached hydrogen (secondary N) is 2. The van der Waals surface area contributed by atoms with Crippen LogP contribution in [0.1, 0.15) is 27.3 Å². The average molecular weight is 273 g/mol. The van der Waals surface area contributed by atoms with Gasteiger partial charge in [-0.2, -0.15) is 0 Å². The summed E-state index contributed by atoms with van der Waals surface area (Å²) in [6.45, 7) is 0. The maximum atomic E-state index is 12.1. The highest BCUT2D eigenvalue weighted by molar-refractivity contribution is 7.15. The Balaban J connectivity index is 1.72. The van der Waals surface area contributed by atoms with Crippen LogP contribution in [0.25, 0.3) is 0 Å². The van der Waals surface area contributed by atoms with Gasteiger partial charge in [0.25, 0.3) is 5.91 Å². The van der Waals surface area contributed by atoms with Crippen LogP contribution in [-0.2, 0) is 12.8 Å². The minimum absolute atomic E-state index is 0.102. The highest BCUT2D eigenvalue weighted by atomic mass is 32.1. The van der Waals surface area contributed by atoms with Crippen LogP contribution >= 0.6 is 11.3 Å². The third-order valence-corrected chi connectivity index (χ3v) is 4.32. The second-order valence-electron chi connectivity index (χ2n) is 4.52. The predicted molar refractivity (Wildman–Crippen MR) is 78.1 cm³/mol. The van der Waals surface area contributed by atoms with E-state index in [1.54, 1.807) is 11.3 Å². The molecule has 0 saturated heterocycles. The second-order valence-corrected chi connectivity index (χ2v) is 5.61. The van der Waals surface area contributed by atoms with E-state index in [0.717, 1.165) is 24.2 Å². The Hall–Kier alpha value is -1.88. The van der Waals surface area contributed by atoms with Gasteiger partial charge in [0.15, 0.2) is 5.13 Å². The number of aryl methyl sites for hydroxylation is 2. The van der Waals surface area contributed by atoms with E-state index in [1.807, 2.05) is 31.3 Å². The number of benzene rings is 1. The third kappa shape index (κ3) is 2.46. The lowest BCUT2D eigenvalue weighted by molar-refractivity contribution is 0.102. The molecule has 0 bridgehead atoms. The van der Waals surface area contributed by atoms with E-state index in [2.05, 4.69) is 15.6 Å². The van der Waals surface area contributed by atoms with Gasteiger partial charge in [0.1, 0.15) is 0 Å². The molecule has 1 aliphatic rings. The second kappa shape index (κ2) is 5.01. The van der Waals surface area contributed by atoms with Gasteiger partial charge in [-0.1, -0.05) is 0 Å². The Morgan fingerprint density at radius 3 is 2.74 bits per heavy atom. The van der Waals surface area contributed by atoms with Crippen LogP contribution < -0.4 is 10.6 Å². The summed E-state index contributed by atoms with van der Waals surface area (Å²) >= 11 is 1.60. The fourth-order valence-corrected chi connectivity index (χ4v) is 3.25. The van der Waals surface area contributed by atoms with Crippen molar-refractivity contribution < 1.29 is 4.79 Å². The summed E-state index contributed by atoms with van der Waals surface area (Å²) in [5.74, 6) is -0.102. The summed E-state index contributed by atoms with van der Waals surface area (Å²) in [7, 11) is 1.85. The van der Waals surface area contributed by atoms with Crippen LogP contribution in [0.4, 0.5) is 10.8 Å². The zero-order valence-electron chi connectivity index (χ0n) is 10.7. The molecule has 4 nitrogen and oxygen atoms in total. The maximum absolute atomic E-state index is 12.1. The van der Waals surface area contributed by atoms with Crippen molar-refractivity contribution in [1.82, 2.24) is 4.98 Å². The first kappa shape index (κ1) is 12.2. The summed E-state index contributed by atoms with van der Waals surface area (Å²) in [6, 6.07) is 7.39. The fraction of sp³-hybridized carbons (Fsp3) is 0.286. The number of hydrogen-bond donors (Lipinski definition) is 2. The number of amides is 1. The van der Waals surface area contributed by atoms with Crippen LogP contribution in [0.15, 0.2) is 24.3 Å². The Kier molecular flexibility index (Phi) is 3.21. The minimum atomic E-state index is -0.102. The molecule has 0 atom stereocenters. The van der Waals surface area contributed by atoms with Crippen LogP contribution in [0, 0.1) is 0 Å². The fourth-order valence-electron chi connectivity index (χ4n) is 2.20. The van der Waals surface area contributed by atoms with Gasteiger partial charge in [0.05, 0.1) is 5.69 Å². The lowest BCUT2D eigenvalue weighted by Gasteiger charge is -2.03. The average Bonchev–Trinajstić information content (AvgIpc) is 2.99. The molecule has 2 aromatic rings. The zero-order valence-corrected chi connectivity index (χ0v) is 11.5. The van der Waals surface area contributed by atoms with Gasteiger partial charge < -0.3 is 5.32 Å². The molecule has 98 valence electrons. The molecule has 1 amide bonds. The first-order chi connectivity index (χ1) is 9.26. The van der Waals surface area contributed by atoms with Gasteiger partial charge in [-0.05, 0) is 43.5 Å². The molecular formula is C14H15N3OS. The molecule has 2 N–H and O–H groups in total. The SMILES string of the molecule is CNc1ccc(C(=O)Nc2nc3c(s2)CCC3)cc1. The molecule has 1 aliphatic carbocycles. The predicted octanol–water partition coefficient (Wildman–Crippen LogP) is 2.93. The summed E-state index contributed by atoms with van der Waals surface area (Å²) < 4.78 is 0. The number of thiazole rings is 1. The molecule has 1 aromatic carbocycles. The van der Waals surface area contributed by atoms with Gasteiger partial charge in [0.2, 0.25) is 0 Å². The van der Waals surface area contributed by atoms with Crippen LogP contribution in [0.5, 0.6) is 0 Å². The van der Waals surface area contributed by atoms with E-state index in [1.165, 1.54) is 11.3 Å². The van der Waals surface area contributed by atoms with E-state index in [-0.39, 0.29) is 5.91 Å². The third-order valence-electron chi connectivity index (χ3n) is 3.25. The Morgan fingerprint density at radius 1 is 1.26 bits per heavy atom. The topological polar surface area (TPSA) is 54.0 Å². The van der Waals surface area contributed by atoms with E-state index in [9.17, 15) is 4.79 Å². The van der Waals surface area contributed by atoms with Gasteiger partial charge >= 0.3 is 0 Å². The van der Waals surface area contributed by atoms with Crippen LogP contribution in [0.3, 0.4) is 0 Å². The summed E-state index contributed by atoms with van der Waals surface area (Å²) in [5.41, 5.74) is 2.80. The Labute approximate surface area is 115 Å². The van der Waals surface area contributed by atoms with E-state index in [0.29, 0.717) is 10.7 Å². The van der Waals surface area contributed by atoms with Crippen molar-refractivity contribution in [3.8, 4) is 0 Å². The lowest BCUT2D eigenvalue weighted by Crippen LogP contribution is -2.11. The van der Waals surface area contributed by atoms with Gasteiger partial charge in [-0.15, -0.1) is 11.3 Å². The molecule has 19 heavy (non-hydrogen) atoms. The van der Waals surface area contributed by atoms with Crippen molar-refractivity contribution in [2.24, 2.45) is 0 Å². The summed E-state index contributed by atoms with van der Waals surface area (Å²) in [5, 5.41) is 6.62. The minimum Gasteiger partial charge on any atom is -0.388 e. The Morgan fingerprint density at radius 2 is 2.05 bits per heavy atom. The van der Waals surface area contributed by atoms with Crippen molar-refractivity contribution in [3.63, 3.8) is 0 Å². The first-order valence-electron chi connectivity index (χ1n) is 6.34. The number of carbonyl (C=O) groups is 1. The molecule has 1 aromatic heterocycles. The summed E-state index contributed by atoms with van der Waals surface area (Å²) in [4.78, 5) is 17.9. The van der Waals surface area contributed by atoms with Gasteiger partial charge in [-0.3, -0.25) is 10.1 Å². The van der Waals surface area contributed by atoms with Gasteiger partial charge in [-0.25, -0.2) is 4.98 Å². The molecular weight excluding hydrogens is 258 g/mol. The van der Waals surface area contributed by atoms with Crippen molar-refractivity contribution >= 4 is 28.1 Å². The molecule has 0 fully saturated rings. The largest absolute Gasteiger partial charge is 0.388 e. The molecule has 0 saturated carbocycles. The standard InChI is InChI=1S/C14H15N3OS/c1-15-10-7-5-9(6-8-10)13(18)17-14-16-11-3-2-4-12(11)19-14/h5-8,15H,2-4H2,1H3,(H,16,17,18). The summed E-state index contributed by atoms with van der Waals surface area (Å²) in [6.07, 6.45) is 3.33. The molecule has 5 heteroatoms. The first-order valence-corrected chi connectivity index (χ1v) is 7.15. The molecule has 3 rings (SSSR count). The van der Waals surface area contributed by atoms with Crippen molar-refractivity contribution in [1.29, 1.82) is 0 Å².